The van der Waals surface area contributed by atoms with Crippen LogP contribution in [0.25, 0.3) is 11.3 Å². The molecule has 0 N–H and O–H groups in total. The molecule has 0 radical (unpaired) electrons. The van der Waals surface area contributed by atoms with Gasteiger partial charge in [0.2, 0.25) is 0 Å². The van der Waals surface area contributed by atoms with Crippen LogP contribution in [0, 0.1) is 6.92 Å². The molecular weight excluding hydrogens is 258 g/mol. The third-order valence-corrected chi connectivity index (χ3v) is 3.61. The molecular formula is C12H10ClNO2S. The van der Waals surface area contributed by atoms with Crippen LogP contribution in [0.1, 0.15) is 15.2 Å². The van der Waals surface area contributed by atoms with Crippen molar-refractivity contribution < 1.29 is 9.53 Å². The van der Waals surface area contributed by atoms with Gasteiger partial charge in [-0.05, 0) is 30.0 Å². The van der Waals surface area contributed by atoms with Crippen molar-refractivity contribution in [3.05, 3.63) is 39.2 Å². The molecule has 88 valence electrons. The Morgan fingerprint density at radius 2 is 2.24 bits per heavy atom. The van der Waals surface area contributed by atoms with Gasteiger partial charge >= 0.3 is 5.97 Å². The van der Waals surface area contributed by atoms with Crippen molar-refractivity contribution in [2.24, 2.45) is 0 Å². The molecule has 2 heterocycles. The van der Waals surface area contributed by atoms with Crippen molar-refractivity contribution in [2.75, 3.05) is 7.11 Å². The van der Waals surface area contributed by atoms with Gasteiger partial charge in [0.05, 0.1) is 12.8 Å². The van der Waals surface area contributed by atoms with E-state index < -0.39 is 0 Å². The van der Waals surface area contributed by atoms with E-state index in [1.807, 2.05) is 24.4 Å². The lowest BCUT2D eigenvalue weighted by Gasteiger charge is -2.04. The number of carbonyl (C=O) groups excluding carboxylic acids is 1. The fourth-order valence-corrected chi connectivity index (χ4v) is 2.69. The van der Waals surface area contributed by atoms with E-state index >= 15 is 0 Å². The number of hydrogen-bond acceptors (Lipinski definition) is 4. The molecule has 0 aliphatic carbocycles. The maximum Gasteiger partial charge on any atom is 0.348 e. The fraction of sp³-hybridized carbons (Fsp3) is 0.167. The lowest BCUT2D eigenvalue weighted by atomic mass is 10.1. The Bertz CT molecular complexity index is 565. The molecule has 0 fully saturated rings. The summed E-state index contributed by atoms with van der Waals surface area (Å²) in [7, 11) is 1.37. The summed E-state index contributed by atoms with van der Waals surface area (Å²) in [6.45, 7) is 1.93. The van der Waals surface area contributed by atoms with Crippen LogP contribution in [0.3, 0.4) is 0 Å². The van der Waals surface area contributed by atoms with Gasteiger partial charge in [-0.2, -0.15) is 0 Å². The van der Waals surface area contributed by atoms with Crippen molar-refractivity contribution in [1.29, 1.82) is 0 Å². The van der Waals surface area contributed by atoms with Crippen LogP contribution in [0.15, 0.2) is 23.6 Å². The minimum atomic E-state index is -0.347. The molecule has 2 aromatic heterocycles. The first-order chi connectivity index (χ1) is 8.13. The van der Waals surface area contributed by atoms with Crippen LogP contribution in [0.2, 0.25) is 5.15 Å². The molecule has 3 nitrogen and oxygen atoms in total. The highest BCUT2D eigenvalue weighted by Crippen LogP contribution is 2.32. The second-order valence-electron chi connectivity index (χ2n) is 3.46. The summed E-state index contributed by atoms with van der Waals surface area (Å²) >= 11 is 7.21. The molecule has 0 spiro atoms. The molecule has 0 saturated carbocycles. The number of hydrogen-bond donors (Lipinski definition) is 0. The summed E-state index contributed by atoms with van der Waals surface area (Å²) in [5.41, 5.74) is 2.48. The molecule has 0 aliphatic rings. The molecule has 0 aliphatic heterocycles. The van der Waals surface area contributed by atoms with E-state index in [1.165, 1.54) is 18.4 Å². The highest BCUT2D eigenvalue weighted by molar-refractivity contribution is 7.12. The van der Waals surface area contributed by atoms with Crippen LogP contribution in [-0.2, 0) is 4.74 Å². The number of methoxy groups -OCH3 is 1. The number of pyridine rings is 1. The Kier molecular flexibility index (Phi) is 3.45. The van der Waals surface area contributed by atoms with E-state index in [-0.39, 0.29) is 5.97 Å². The lowest BCUT2D eigenvalue weighted by Crippen LogP contribution is -2.01. The molecule has 0 atom stereocenters. The minimum absolute atomic E-state index is 0.347. The van der Waals surface area contributed by atoms with Gasteiger partial charge in [0, 0.05) is 5.56 Å². The number of ether oxygens (including phenoxy) is 1. The van der Waals surface area contributed by atoms with Gasteiger partial charge in [-0.1, -0.05) is 17.7 Å². The topological polar surface area (TPSA) is 39.2 Å². The predicted octanol–water partition coefficient (Wildman–Crippen LogP) is 3.56. The van der Waals surface area contributed by atoms with Crippen molar-refractivity contribution in [3.63, 3.8) is 0 Å². The normalized spacial score (nSPS) is 10.3. The Hall–Kier alpha value is -1.39. The maximum absolute atomic E-state index is 11.6. The van der Waals surface area contributed by atoms with Gasteiger partial charge in [-0.15, -0.1) is 11.3 Å². The molecule has 0 amide bonds. The fourth-order valence-electron chi connectivity index (χ4n) is 1.55. The number of halogens is 1. The monoisotopic (exact) mass is 267 g/mol. The quantitative estimate of drug-likeness (QED) is 0.617. The van der Waals surface area contributed by atoms with Gasteiger partial charge < -0.3 is 4.74 Å². The number of carbonyl (C=O) groups is 1. The highest BCUT2D eigenvalue weighted by atomic mass is 35.5. The zero-order valence-electron chi connectivity index (χ0n) is 9.36. The number of aryl methyl sites for hydroxylation is 1. The Morgan fingerprint density at radius 3 is 2.88 bits per heavy atom. The molecule has 5 heteroatoms. The summed E-state index contributed by atoms with van der Waals surface area (Å²) < 4.78 is 4.75. The first-order valence-electron chi connectivity index (χ1n) is 4.93. The summed E-state index contributed by atoms with van der Waals surface area (Å²) in [5, 5.41) is 2.31. The van der Waals surface area contributed by atoms with Gasteiger partial charge in [-0.3, -0.25) is 0 Å². The molecule has 0 unspecified atom stereocenters. The number of esters is 1. The van der Waals surface area contributed by atoms with E-state index in [1.54, 1.807) is 6.07 Å². The smallest absolute Gasteiger partial charge is 0.348 e. The average Bonchev–Trinajstić information content (AvgIpc) is 2.70. The van der Waals surface area contributed by atoms with Crippen molar-refractivity contribution in [2.45, 2.75) is 6.92 Å². The third-order valence-electron chi connectivity index (χ3n) is 2.32. The molecule has 0 bridgehead atoms. The van der Waals surface area contributed by atoms with Crippen molar-refractivity contribution in [3.8, 4) is 11.3 Å². The average molecular weight is 268 g/mol. The Morgan fingerprint density at radius 1 is 1.47 bits per heavy atom. The zero-order chi connectivity index (χ0) is 12.4. The Labute approximate surface area is 108 Å². The summed E-state index contributed by atoms with van der Waals surface area (Å²) in [5.74, 6) is -0.347. The van der Waals surface area contributed by atoms with E-state index in [2.05, 4.69) is 4.98 Å². The van der Waals surface area contributed by atoms with E-state index in [4.69, 9.17) is 16.3 Å². The standard InChI is InChI=1S/C12H10ClNO2S/c1-7-6-17-11(12(15)16-2)10(7)8-4-3-5-9(13)14-8/h3-6H,1-2H3. The SMILES string of the molecule is COC(=O)c1scc(C)c1-c1cccc(Cl)n1. The summed E-state index contributed by atoms with van der Waals surface area (Å²) in [6, 6.07) is 5.33. The molecule has 0 saturated heterocycles. The number of aromatic nitrogens is 1. The summed E-state index contributed by atoms with van der Waals surface area (Å²) in [4.78, 5) is 16.4. The minimum Gasteiger partial charge on any atom is -0.465 e. The van der Waals surface area contributed by atoms with Crippen molar-refractivity contribution >= 4 is 28.9 Å². The van der Waals surface area contributed by atoms with Gasteiger partial charge in [0.25, 0.3) is 0 Å². The Balaban J connectivity index is 2.58. The van der Waals surface area contributed by atoms with Gasteiger partial charge in [-0.25, -0.2) is 9.78 Å². The third kappa shape index (κ3) is 2.33. The second kappa shape index (κ2) is 4.85. The van der Waals surface area contributed by atoms with Crippen molar-refractivity contribution in [1.82, 2.24) is 4.98 Å². The number of nitrogens with zero attached hydrogens (tertiary/aromatic N) is 1. The second-order valence-corrected chi connectivity index (χ2v) is 4.73. The van der Waals surface area contributed by atoms with Crippen LogP contribution in [0.4, 0.5) is 0 Å². The largest absolute Gasteiger partial charge is 0.465 e. The van der Waals surface area contributed by atoms with Crippen LogP contribution in [-0.4, -0.2) is 18.1 Å². The molecule has 2 aromatic rings. The first-order valence-corrected chi connectivity index (χ1v) is 6.18. The number of rotatable bonds is 2. The zero-order valence-corrected chi connectivity index (χ0v) is 10.9. The molecule has 2 rings (SSSR count). The van der Waals surface area contributed by atoms with E-state index in [0.717, 1.165) is 11.1 Å². The number of thiophene rings is 1. The lowest BCUT2D eigenvalue weighted by molar-refractivity contribution is 0.0607. The van der Waals surface area contributed by atoms with Gasteiger partial charge in [0.15, 0.2) is 0 Å². The summed E-state index contributed by atoms with van der Waals surface area (Å²) in [6.07, 6.45) is 0. The molecule has 0 aromatic carbocycles. The van der Waals surface area contributed by atoms with Crippen LogP contribution < -0.4 is 0 Å². The van der Waals surface area contributed by atoms with Crippen LogP contribution in [0.5, 0.6) is 0 Å². The van der Waals surface area contributed by atoms with Gasteiger partial charge in [0.1, 0.15) is 10.0 Å². The van der Waals surface area contributed by atoms with E-state index in [0.29, 0.717) is 15.7 Å². The molecule has 17 heavy (non-hydrogen) atoms. The van der Waals surface area contributed by atoms with E-state index in [9.17, 15) is 4.79 Å². The predicted molar refractivity (Wildman–Crippen MR) is 68.6 cm³/mol. The highest BCUT2D eigenvalue weighted by Gasteiger charge is 2.18. The maximum atomic E-state index is 11.6. The first kappa shape index (κ1) is 12.1. The van der Waals surface area contributed by atoms with Crippen LogP contribution >= 0.6 is 22.9 Å².